The normalized spacial score (nSPS) is 45.0. The summed E-state index contributed by atoms with van der Waals surface area (Å²) in [6.45, 7) is 11.6. The number of hydrogen-bond donors (Lipinski definition) is 3. The van der Waals surface area contributed by atoms with Crippen molar-refractivity contribution in [3.8, 4) is 0 Å². The van der Waals surface area contributed by atoms with Gasteiger partial charge in [-0.25, -0.2) is 0 Å². The number of fused-ring (bicyclic) bond motifs is 5. The number of carbonyl (C=O) groups excluding carboxylic acids is 1. The van der Waals surface area contributed by atoms with Crippen LogP contribution in [0.15, 0.2) is 11.6 Å². The fourth-order valence-corrected chi connectivity index (χ4v) is 8.71. The number of aliphatic hydroxyl groups excluding tert-OH is 1. The highest BCUT2D eigenvalue weighted by Gasteiger charge is 2.65. The smallest absolute Gasteiger partial charge is 0.255 e. The lowest BCUT2D eigenvalue weighted by Crippen LogP contribution is -2.64. The van der Waals surface area contributed by atoms with Crippen molar-refractivity contribution in [1.29, 1.82) is 0 Å². The predicted octanol–water partition coefficient (Wildman–Crippen LogP) is 4.86. The molecule has 0 aliphatic heterocycles. The van der Waals surface area contributed by atoms with Gasteiger partial charge in [-0.15, -0.1) is 0 Å². The molecule has 176 valence electrons. The van der Waals surface area contributed by atoms with E-state index in [-0.39, 0.29) is 5.92 Å². The Labute approximate surface area is 188 Å². The highest BCUT2D eigenvalue weighted by molar-refractivity contribution is 5.98. The number of aliphatic hydroxyl groups is 3. The van der Waals surface area contributed by atoms with E-state index in [1.807, 2.05) is 6.92 Å². The van der Waals surface area contributed by atoms with Crippen LogP contribution >= 0.6 is 0 Å². The molecule has 3 N–H and O–H groups in total. The molecule has 0 bridgehead atoms. The lowest BCUT2D eigenvalue weighted by molar-refractivity contribution is -0.252. The van der Waals surface area contributed by atoms with Crippen molar-refractivity contribution in [3.05, 3.63) is 11.6 Å². The van der Waals surface area contributed by atoms with Crippen molar-refractivity contribution in [1.82, 2.24) is 0 Å². The lowest BCUT2D eigenvalue weighted by Gasteiger charge is -2.60. The van der Waals surface area contributed by atoms with Crippen LogP contribution in [0.5, 0.6) is 0 Å². The van der Waals surface area contributed by atoms with Gasteiger partial charge in [0.05, 0.1) is 0 Å². The maximum absolute atomic E-state index is 12.2. The van der Waals surface area contributed by atoms with Crippen LogP contribution in [-0.4, -0.2) is 33.0 Å². The molecule has 4 aliphatic carbocycles. The minimum absolute atomic E-state index is 0.211. The van der Waals surface area contributed by atoms with E-state index in [1.54, 1.807) is 0 Å². The molecular formula is C27H44O4. The van der Waals surface area contributed by atoms with Gasteiger partial charge in [0.2, 0.25) is 5.78 Å². The van der Waals surface area contributed by atoms with E-state index in [0.29, 0.717) is 17.3 Å². The van der Waals surface area contributed by atoms with Gasteiger partial charge in [0, 0.05) is 5.41 Å². The van der Waals surface area contributed by atoms with Crippen molar-refractivity contribution in [2.75, 3.05) is 0 Å². The summed E-state index contributed by atoms with van der Waals surface area (Å²) in [6, 6.07) is 0. The zero-order chi connectivity index (χ0) is 22.8. The molecule has 4 rings (SSSR count). The molecule has 1 unspecified atom stereocenters. The molecule has 4 aliphatic rings. The molecule has 0 aromatic heterocycles. The third-order valence-electron chi connectivity index (χ3n) is 10.5. The van der Waals surface area contributed by atoms with Gasteiger partial charge < -0.3 is 15.3 Å². The summed E-state index contributed by atoms with van der Waals surface area (Å²) in [4.78, 5) is 12.2. The van der Waals surface area contributed by atoms with Crippen LogP contribution in [0, 0.1) is 46.3 Å². The first-order valence-electron chi connectivity index (χ1n) is 12.8. The van der Waals surface area contributed by atoms with Crippen LogP contribution in [0.3, 0.4) is 0 Å². The van der Waals surface area contributed by atoms with Crippen molar-refractivity contribution < 1.29 is 20.1 Å². The standard InChI is InChI=1S/C27H44O4/c1-16(2)7-6-8-17(3)20-11-12-21-19-10-9-18-15-23(28)27(30,31)24(29)26(18,5)22(19)13-14-25(20,21)4/h15-17,19-22,24,29-31H,6-14H2,1-5H3/t17-,19+,20-,21+,22+,24?,25-,26+/m1/s1. The first kappa shape index (κ1) is 23.4. The number of hydrogen-bond acceptors (Lipinski definition) is 4. The van der Waals surface area contributed by atoms with Gasteiger partial charge in [0.15, 0.2) is 0 Å². The average Bonchev–Trinajstić information content (AvgIpc) is 3.05. The third-order valence-corrected chi connectivity index (χ3v) is 10.5. The van der Waals surface area contributed by atoms with Gasteiger partial charge in [-0.2, -0.15) is 0 Å². The summed E-state index contributed by atoms with van der Waals surface area (Å²) >= 11 is 0. The van der Waals surface area contributed by atoms with Gasteiger partial charge >= 0.3 is 0 Å². The summed E-state index contributed by atoms with van der Waals surface area (Å²) < 4.78 is 0. The first-order valence-corrected chi connectivity index (χ1v) is 12.8. The van der Waals surface area contributed by atoms with Gasteiger partial charge in [0.1, 0.15) is 6.10 Å². The molecular weight excluding hydrogens is 388 g/mol. The van der Waals surface area contributed by atoms with Crippen LogP contribution in [0.4, 0.5) is 0 Å². The highest BCUT2D eigenvalue weighted by atomic mass is 16.5. The van der Waals surface area contributed by atoms with Crippen molar-refractivity contribution in [2.45, 2.75) is 104 Å². The molecule has 0 aromatic rings. The summed E-state index contributed by atoms with van der Waals surface area (Å²) in [5.74, 6) is 0.211. The zero-order valence-corrected chi connectivity index (χ0v) is 20.2. The summed E-state index contributed by atoms with van der Waals surface area (Å²) in [5.41, 5.74) is 0.564. The van der Waals surface area contributed by atoms with Crippen LogP contribution in [0.1, 0.15) is 92.4 Å². The molecule has 3 fully saturated rings. The molecule has 0 spiro atoms. The van der Waals surface area contributed by atoms with Gasteiger partial charge in [-0.3, -0.25) is 4.79 Å². The summed E-state index contributed by atoms with van der Waals surface area (Å²) in [7, 11) is 0. The third kappa shape index (κ3) is 3.47. The molecule has 8 atom stereocenters. The Morgan fingerprint density at radius 3 is 2.42 bits per heavy atom. The number of ketones is 1. The van der Waals surface area contributed by atoms with E-state index >= 15 is 0 Å². The second-order valence-electron chi connectivity index (χ2n) is 12.4. The second kappa shape index (κ2) is 7.95. The maximum Gasteiger partial charge on any atom is 0.255 e. The van der Waals surface area contributed by atoms with E-state index < -0.39 is 23.1 Å². The van der Waals surface area contributed by atoms with Gasteiger partial charge in [-0.1, -0.05) is 59.5 Å². The fraction of sp³-hybridized carbons (Fsp3) is 0.889. The quantitative estimate of drug-likeness (QED) is 0.542. The van der Waals surface area contributed by atoms with Crippen molar-refractivity contribution >= 4 is 5.78 Å². The maximum atomic E-state index is 12.2. The van der Waals surface area contributed by atoms with E-state index in [9.17, 15) is 20.1 Å². The van der Waals surface area contributed by atoms with E-state index in [0.717, 1.165) is 49.0 Å². The van der Waals surface area contributed by atoms with Crippen LogP contribution < -0.4 is 0 Å². The SMILES string of the molecule is CC(C)CCC[C@@H](C)[C@H]1CC[C@H]2[C@@H]3CCC4=CC(=O)C(O)(O)C(O)[C@]4(C)[C@H]3CC[C@]12C. The van der Waals surface area contributed by atoms with Gasteiger partial charge in [-0.05, 0) is 85.5 Å². The molecule has 0 amide bonds. The average molecular weight is 433 g/mol. The number of rotatable bonds is 5. The van der Waals surface area contributed by atoms with Crippen LogP contribution in [-0.2, 0) is 4.79 Å². The Balaban J connectivity index is 1.56. The predicted molar refractivity (Wildman–Crippen MR) is 122 cm³/mol. The molecule has 4 heteroatoms. The van der Waals surface area contributed by atoms with E-state index in [2.05, 4.69) is 27.7 Å². The number of carbonyl (C=O) groups is 1. The van der Waals surface area contributed by atoms with Gasteiger partial charge in [0.25, 0.3) is 5.79 Å². The second-order valence-corrected chi connectivity index (χ2v) is 12.4. The largest absolute Gasteiger partial charge is 0.386 e. The van der Waals surface area contributed by atoms with E-state index in [4.69, 9.17) is 0 Å². The Kier molecular flexibility index (Phi) is 6.02. The Bertz CT molecular complexity index is 740. The first-order chi connectivity index (χ1) is 14.4. The molecule has 0 heterocycles. The minimum Gasteiger partial charge on any atom is -0.386 e. The summed E-state index contributed by atoms with van der Waals surface area (Å²) in [5, 5.41) is 31.8. The Morgan fingerprint density at radius 1 is 1.03 bits per heavy atom. The van der Waals surface area contributed by atoms with E-state index in [1.165, 1.54) is 38.2 Å². The molecule has 0 aromatic carbocycles. The zero-order valence-electron chi connectivity index (χ0n) is 20.2. The molecule has 31 heavy (non-hydrogen) atoms. The molecule has 3 saturated carbocycles. The molecule has 0 radical (unpaired) electrons. The van der Waals surface area contributed by atoms with Crippen LogP contribution in [0.2, 0.25) is 0 Å². The Hall–Kier alpha value is -0.710. The fourth-order valence-electron chi connectivity index (χ4n) is 8.71. The summed E-state index contributed by atoms with van der Waals surface area (Å²) in [6.07, 6.45) is 10.5. The Morgan fingerprint density at radius 2 is 1.74 bits per heavy atom. The highest BCUT2D eigenvalue weighted by Crippen LogP contribution is 2.68. The molecule has 0 saturated heterocycles. The topological polar surface area (TPSA) is 77.8 Å². The van der Waals surface area contributed by atoms with Crippen LogP contribution in [0.25, 0.3) is 0 Å². The molecule has 4 nitrogen and oxygen atoms in total. The van der Waals surface area contributed by atoms with Crippen molar-refractivity contribution in [2.24, 2.45) is 46.3 Å². The lowest BCUT2D eigenvalue weighted by atomic mass is 9.45. The minimum atomic E-state index is -2.66. The van der Waals surface area contributed by atoms with Crippen molar-refractivity contribution in [3.63, 3.8) is 0 Å². The monoisotopic (exact) mass is 432 g/mol.